The van der Waals surface area contributed by atoms with Crippen LogP contribution in [-0.2, 0) is 16.1 Å². The van der Waals surface area contributed by atoms with Crippen LogP contribution in [0, 0.1) is 11.3 Å². The van der Waals surface area contributed by atoms with E-state index < -0.39 is 12.0 Å². The van der Waals surface area contributed by atoms with E-state index in [1.54, 1.807) is 25.2 Å². The molecule has 0 saturated carbocycles. The van der Waals surface area contributed by atoms with E-state index in [4.69, 9.17) is 16.1 Å². The van der Waals surface area contributed by atoms with Gasteiger partial charge < -0.3 is 15.7 Å². The van der Waals surface area contributed by atoms with Crippen LogP contribution in [0.3, 0.4) is 0 Å². The number of nitriles is 1. The Morgan fingerprint density at radius 1 is 1.50 bits per heavy atom. The first-order valence-electron chi connectivity index (χ1n) is 6.15. The van der Waals surface area contributed by atoms with Gasteiger partial charge in [-0.1, -0.05) is 12.1 Å². The minimum absolute atomic E-state index is 0.108. The SMILES string of the molecule is CN(Cc1cccc(C#N)c1)C(=O)C(N)CCC(=O)O. The summed E-state index contributed by atoms with van der Waals surface area (Å²) in [6, 6.07) is 8.15. The van der Waals surface area contributed by atoms with Crippen LogP contribution in [-0.4, -0.2) is 35.0 Å². The number of hydrogen-bond acceptors (Lipinski definition) is 4. The molecule has 0 aromatic heterocycles. The molecule has 1 atom stereocenters. The van der Waals surface area contributed by atoms with Crippen LogP contribution < -0.4 is 5.73 Å². The number of benzene rings is 1. The molecule has 1 aromatic rings. The minimum Gasteiger partial charge on any atom is -0.481 e. The highest BCUT2D eigenvalue weighted by Crippen LogP contribution is 2.08. The maximum atomic E-state index is 12.0. The average molecular weight is 275 g/mol. The molecule has 6 nitrogen and oxygen atoms in total. The highest BCUT2D eigenvalue weighted by atomic mass is 16.4. The minimum atomic E-state index is -0.974. The Kier molecular flexibility index (Phi) is 5.69. The standard InChI is InChI=1S/C14H17N3O3/c1-17(14(20)12(16)5-6-13(18)19)9-11-4-2-3-10(7-11)8-15/h2-4,7,12H,5-6,9,16H2,1H3,(H,18,19). The molecule has 1 rings (SSSR count). The fourth-order valence-electron chi connectivity index (χ4n) is 1.78. The molecular weight excluding hydrogens is 258 g/mol. The Balaban J connectivity index is 2.61. The number of carbonyl (C=O) groups is 2. The van der Waals surface area contributed by atoms with Crippen LogP contribution in [0.25, 0.3) is 0 Å². The number of rotatable bonds is 6. The summed E-state index contributed by atoms with van der Waals surface area (Å²) in [7, 11) is 1.60. The lowest BCUT2D eigenvalue weighted by Gasteiger charge is -2.21. The lowest BCUT2D eigenvalue weighted by Crippen LogP contribution is -2.41. The van der Waals surface area contributed by atoms with Crippen molar-refractivity contribution in [2.45, 2.75) is 25.4 Å². The summed E-state index contributed by atoms with van der Waals surface area (Å²) < 4.78 is 0. The number of carbonyl (C=O) groups excluding carboxylic acids is 1. The molecule has 1 amide bonds. The number of hydrogen-bond donors (Lipinski definition) is 2. The average Bonchev–Trinajstić information content (AvgIpc) is 2.43. The molecule has 0 radical (unpaired) electrons. The first-order valence-corrected chi connectivity index (χ1v) is 6.15. The van der Waals surface area contributed by atoms with Gasteiger partial charge >= 0.3 is 5.97 Å². The number of nitrogens with zero attached hydrogens (tertiary/aromatic N) is 2. The van der Waals surface area contributed by atoms with E-state index in [0.717, 1.165) is 5.56 Å². The topological polar surface area (TPSA) is 107 Å². The number of amides is 1. The molecule has 0 heterocycles. The van der Waals surface area contributed by atoms with Gasteiger partial charge in [0.1, 0.15) is 0 Å². The molecule has 1 unspecified atom stereocenters. The van der Waals surface area contributed by atoms with Crippen LogP contribution in [0.2, 0.25) is 0 Å². The third-order valence-electron chi connectivity index (χ3n) is 2.84. The van der Waals surface area contributed by atoms with Crippen LogP contribution in [0.4, 0.5) is 0 Å². The van der Waals surface area contributed by atoms with Gasteiger partial charge in [-0.3, -0.25) is 9.59 Å². The predicted octanol–water partition coefficient (Wildman–Crippen LogP) is 0.709. The van der Waals surface area contributed by atoms with Gasteiger partial charge in [-0.15, -0.1) is 0 Å². The first kappa shape index (κ1) is 15.7. The van der Waals surface area contributed by atoms with Gasteiger partial charge in [0.15, 0.2) is 0 Å². The Hall–Kier alpha value is -2.39. The zero-order valence-corrected chi connectivity index (χ0v) is 11.2. The van der Waals surface area contributed by atoms with Gasteiger partial charge in [-0.2, -0.15) is 5.26 Å². The third-order valence-corrected chi connectivity index (χ3v) is 2.84. The molecule has 0 aliphatic rings. The molecule has 6 heteroatoms. The molecule has 0 bridgehead atoms. The quantitative estimate of drug-likeness (QED) is 0.795. The van der Waals surface area contributed by atoms with E-state index in [2.05, 4.69) is 0 Å². The molecule has 0 saturated heterocycles. The maximum Gasteiger partial charge on any atom is 0.303 e. The van der Waals surface area contributed by atoms with Gasteiger partial charge in [0, 0.05) is 20.0 Å². The van der Waals surface area contributed by atoms with Crippen LogP contribution in [0.5, 0.6) is 0 Å². The van der Waals surface area contributed by atoms with Crippen molar-refractivity contribution >= 4 is 11.9 Å². The largest absolute Gasteiger partial charge is 0.481 e. The Morgan fingerprint density at radius 2 is 2.20 bits per heavy atom. The second-order valence-corrected chi connectivity index (χ2v) is 4.55. The Bertz CT molecular complexity index is 537. The van der Waals surface area contributed by atoms with Gasteiger partial charge in [-0.05, 0) is 24.1 Å². The molecule has 0 fully saturated rings. The van der Waals surface area contributed by atoms with Crippen LogP contribution in [0.15, 0.2) is 24.3 Å². The second-order valence-electron chi connectivity index (χ2n) is 4.55. The predicted molar refractivity (Wildman–Crippen MR) is 72.5 cm³/mol. The number of carboxylic acids is 1. The van der Waals surface area contributed by atoms with Gasteiger partial charge in [-0.25, -0.2) is 0 Å². The summed E-state index contributed by atoms with van der Waals surface area (Å²) in [5, 5.41) is 17.4. The van der Waals surface area contributed by atoms with Crippen molar-refractivity contribution < 1.29 is 14.7 Å². The van der Waals surface area contributed by atoms with Crippen molar-refractivity contribution in [3.63, 3.8) is 0 Å². The van der Waals surface area contributed by atoms with Gasteiger partial charge in [0.05, 0.1) is 17.7 Å². The molecule has 0 aliphatic heterocycles. The van der Waals surface area contributed by atoms with Gasteiger partial charge in [0.25, 0.3) is 0 Å². The summed E-state index contributed by atoms with van der Waals surface area (Å²) in [6.07, 6.45) is -0.0264. The highest BCUT2D eigenvalue weighted by molar-refractivity contribution is 5.82. The van der Waals surface area contributed by atoms with Crippen molar-refractivity contribution in [3.05, 3.63) is 35.4 Å². The number of nitrogens with two attached hydrogens (primary N) is 1. The molecule has 20 heavy (non-hydrogen) atoms. The second kappa shape index (κ2) is 7.26. The summed E-state index contributed by atoms with van der Waals surface area (Å²) in [4.78, 5) is 23.8. The number of aliphatic carboxylic acids is 1. The van der Waals surface area contributed by atoms with Crippen molar-refractivity contribution in [2.75, 3.05) is 7.05 Å². The molecule has 1 aromatic carbocycles. The smallest absolute Gasteiger partial charge is 0.303 e. The monoisotopic (exact) mass is 275 g/mol. The Labute approximate surface area is 117 Å². The number of carboxylic acid groups (broad SMARTS) is 1. The van der Waals surface area contributed by atoms with Crippen LogP contribution in [0.1, 0.15) is 24.0 Å². The van der Waals surface area contributed by atoms with Gasteiger partial charge in [0.2, 0.25) is 5.91 Å². The molecule has 0 aliphatic carbocycles. The fraction of sp³-hybridized carbons (Fsp3) is 0.357. The summed E-state index contributed by atoms with van der Waals surface area (Å²) in [5.41, 5.74) is 7.02. The lowest BCUT2D eigenvalue weighted by molar-refractivity contribution is -0.137. The zero-order chi connectivity index (χ0) is 15.1. The molecule has 0 spiro atoms. The molecular formula is C14H17N3O3. The first-order chi connectivity index (χ1) is 9.43. The molecule has 106 valence electrons. The van der Waals surface area contributed by atoms with E-state index >= 15 is 0 Å². The fourth-order valence-corrected chi connectivity index (χ4v) is 1.78. The van der Waals surface area contributed by atoms with E-state index in [0.29, 0.717) is 12.1 Å². The zero-order valence-electron chi connectivity index (χ0n) is 11.2. The van der Waals surface area contributed by atoms with Crippen molar-refractivity contribution in [1.82, 2.24) is 4.90 Å². The maximum absolute atomic E-state index is 12.0. The molecule has 3 N–H and O–H groups in total. The van der Waals surface area contributed by atoms with Crippen LogP contribution >= 0.6 is 0 Å². The van der Waals surface area contributed by atoms with E-state index in [1.165, 1.54) is 4.90 Å². The van der Waals surface area contributed by atoms with Crippen molar-refractivity contribution in [3.8, 4) is 6.07 Å². The highest BCUT2D eigenvalue weighted by Gasteiger charge is 2.19. The third kappa shape index (κ3) is 4.71. The summed E-state index contributed by atoms with van der Waals surface area (Å²) in [6.45, 7) is 0.328. The van der Waals surface area contributed by atoms with Crippen molar-refractivity contribution in [2.24, 2.45) is 5.73 Å². The lowest BCUT2D eigenvalue weighted by atomic mass is 10.1. The summed E-state index contributed by atoms with van der Waals surface area (Å²) >= 11 is 0. The normalized spacial score (nSPS) is 11.4. The van der Waals surface area contributed by atoms with Crippen molar-refractivity contribution in [1.29, 1.82) is 5.26 Å². The van der Waals surface area contributed by atoms with E-state index in [1.807, 2.05) is 12.1 Å². The number of likely N-dealkylation sites (N-methyl/N-ethyl adjacent to an activating group) is 1. The van der Waals surface area contributed by atoms with E-state index in [9.17, 15) is 9.59 Å². The summed E-state index contributed by atoms with van der Waals surface area (Å²) in [5.74, 6) is -1.29. The Morgan fingerprint density at radius 3 is 2.80 bits per heavy atom. The van der Waals surface area contributed by atoms with E-state index in [-0.39, 0.29) is 18.7 Å².